The Morgan fingerprint density at radius 2 is 2.35 bits per heavy atom. The maximum atomic E-state index is 11.7. The van der Waals surface area contributed by atoms with Crippen LogP contribution in [0.5, 0.6) is 0 Å². The summed E-state index contributed by atoms with van der Waals surface area (Å²) in [4.78, 5) is 25.2. The lowest BCUT2D eigenvalue weighted by Gasteiger charge is -2.34. The molecule has 8 heteroatoms. The van der Waals surface area contributed by atoms with Crippen LogP contribution in [0.1, 0.15) is 20.3 Å². The van der Waals surface area contributed by atoms with Crippen molar-refractivity contribution in [1.82, 2.24) is 15.1 Å². The highest BCUT2D eigenvalue weighted by Crippen LogP contribution is 2.16. The molecule has 128 valence electrons. The number of anilines is 1. The normalized spacial score (nSPS) is 18.1. The Hall–Kier alpha value is -2.09. The van der Waals surface area contributed by atoms with E-state index in [0.717, 1.165) is 5.69 Å². The summed E-state index contributed by atoms with van der Waals surface area (Å²) in [7, 11) is 1.62. The molecule has 1 atom stereocenters. The molecule has 1 aliphatic rings. The Morgan fingerprint density at radius 3 is 3.04 bits per heavy atom. The molecule has 1 saturated heterocycles. The number of carbonyl (C=O) groups excluding carboxylic acids is 1. The summed E-state index contributed by atoms with van der Waals surface area (Å²) in [6.45, 7) is 6.05. The third kappa shape index (κ3) is 5.24. The van der Waals surface area contributed by atoms with Gasteiger partial charge >= 0.3 is 6.09 Å². The van der Waals surface area contributed by atoms with Gasteiger partial charge in [-0.2, -0.15) is 5.10 Å². The first kappa shape index (κ1) is 17.3. The van der Waals surface area contributed by atoms with Crippen LogP contribution in [0.15, 0.2) is 17.1 Å². The van der Waals surface area contributed by atoms with Gasteiger partial charge in [-0.05, 0) is 20.3 Å². The van der Waals surface area contributed by atoms with E-state index >= 15 is 0 Å². The van der Waals surface area contributed by atoms with Gasteiger partial charge in [-0.3, -0.25) is 4.79 Å². The van der Waals surface area contributed by atoms with Gasteiger partial charge in [0.2, 0.25) is 0 Å². The predicted octanol–water partition coefficient (Wildman–Crippen LogP) is 0.510. The summed E-state index contributed by atoms with van der Waals surface area (Å²) in [6, 6.07) is 1.58. The van der Waals surface area contributed by atoms with Gasteiger partial charge in [0.15, 0.2) is 0 Å². The summed E-state index contributed by atoms with van der Waals surface area (Å²) < 4.78 is 12.0. The van der Waals surface area contributed by atoms with E-state index in [1.54, 1.807) is 33.2 Å². The van der Waals surface area contributed by atoms with Crippen molar-refractivity contribution in [1.29, 1.82) is 0 Å². The van der Waals surface area contributed by atoms with Crippen molar-refractivity contribution >= 4 is 11.8 Å². The van der Waals surface area contributed by atoms with Crippen molar-refractivity contribution in [2.45, 2.75) is 32.5 Å². The molecule has 0 unspecified atom stereocenters. The zero-order valence-corrected chi connectivity index (χ0v) is 13.8. The maximum absolute atomic E-state index is 11.7. The highest BCUT2D eigenvalue weighted by Gasteiger charge is 2.21. The molecule has 1 aromatic heterocycles. The van der Waals surface area contributed by atoms with Crippen LogP contribution in [-0.4, -0.2) is 54.3 Å². The van der Waals surface area contributed by atoms with Crippen LogP contribution in [0.3, 0.4) is 0 Å². The van der Waals surface area contributed by atoms with Crippen molar-refractivity contribution in [3.05, 3.63) is 22.6 Å². The molecule has 2 rings (SSSR count). The minimum atomic E-state index is -0.413. The molecule has 0 aromatic carbocycles. The maximum Gasteiger partial charge on any atom is 0.407 e. The van der Waals surface area contributed by atoms with Crippen molar-refractivity contribution in [3.63, 3.8) is 0 Å². The Kier molecular flexibility index (Phi) is 5.97. The third-order valence-corrected chi connectivity index (χ3v) is 3.54. The first-order valence-corrected chi connectivity index (χ1v) is 7.80. The number of alkyl carbamates (subject to hydrolysis) is 1. The van der Waals surface area contributed by atoms with Gasteiger partial charge in [-0.1, -0.05) is 0 Å². The van der Waals surface area contributed by atoms with Gasteiger partial charge in [0.05, 0.1) is 30.7 Å². The molecule has 0 spiro atoms. The molecule has 23 heavy (non-hydrogen) atoms. The largest absolute Gasteiger partial charge is 0.447 e. The fourth-order valence-electron chi connectivity index (χ4n) is 2.35. The van der Waals surface area contributed by atoms with Gasteiger partial charge in [-0.25, -0.2) is 9.48 Å². The molecule has 1 aliphatic heterocycles. The monoisotopic (exact) mass is 324 g/mol. The van der Waals surface area contributed by atoms with E-state index in [9.17, 15) is 9.59 Å². The molecule has 8 nitrogen and oxygen atoms in total. The summed E-state index contributed by atoms with van der Waals surface area (Å²) in [5, 5.41) is 6.75. The molecule has 1 N–H and O–H groups in total. The second-order valence-electron chi connectivity index (χ2n) is 5.78. The molecule has 2 heterocycles. The van der Waals surface area contributed by atoms with Crippen LogP contribution >= 0.6 is 0 Å². The molecule has 0 radical (unpaired) electrons. The van der Waals surface area contributed by atoms with Gasteiger partial charge in [0.25, 0.3) is 5.56 Å². The number of hydrogen-bond acceptors (Lipinski definition) is 6. The number of carbonyl (C=O) groups is 1. The number of ether oxygens (including phenoxy) is 2. The zero-order valence-electron chi connectivity index (χ0n) is 13.8. The topological polar surface area (TPSA) is 85.7 Å². The van der Waals surface area contributed by atoms with Crippen LogP contribution in [-0.2, 0) is 16.5 Å². The summed E-state index contributed by atoms with van der Waals surface area (Å²) in [6.07, 6.45) is 1.81. The average molecular weight is 324 g/mol. The van der Waals surface area contributed by atoms with E-state index in [-0.39, 0.29) is 17.8 Å². The Balaban J connectivity index is 1.82. The first-order chi connectivity index (χ1) is 11.0. The second-order valence-corrected chi connectivity index (χ2v) is 5.78. The molecule has 0 aliphatic carbocycles. The SMILES string of the molecule is CC(C)OC(=O)NCC[C@H]1CN(c2cnn(C)c(=O)c2)CCO1. The molecule has 0 saturated carbocycles. The smallest absolute Gasteiger partial charge is 0.407 e. The van der Waals surface area contributed by atoms with E-state index in [1.165, 1.54) is 4.68 Å². The van der Waals surface area contributed by atoms with E-state index in [1.807, 2.05) is 0 Å². The fraction of sp³-hybridized carbons (Fsp3) is 0.667. The van der Waals surface area contributed by atoms with Crippen LogP contribution in [0, 0.1) is 0 Å². The number of nitrogens with zero attached hydrogens (tertiary/aromatic N) is 3. The number of aromatic nitrogens is 2. The number of aryl methyl sites for hydroxylation is 1. The Bertz CT molecular complexity index is 587. The number of morpholine rings is 1. The van der Waals surface area contributed by atoms with Crippen molar-refractivity contribution < 1.29 is 14.3 Å². The highest BCUT2D eigenvalue weighted by molar-refractivity contribution is 5.67. The van der Waals surface area contributed by atoms with Crippen LogP contribution < -0.4 is 15.8 Å². The van der Waals surface area contributed by atoms with E-state index in [2.05, 4.69) is 15.3 Å². The Morgan fingerprint density at radius 1 is 1.57 bits per heavy atom. The lowest BCUT2D eigenvalue weighted by molar-refractivity contribution is 0.0349. The van der Waals surface area contributed by atoms with Crippen molar-refractivity contribution in [2.75, 3.05) is 31.1 Å². The molecule has 0 bridgehead atoms. The summed E-state index contributed by atoms with van der Waals surface area (Å²) in [5.74, 6) is 0. The van der Waals surface area contributed by atoms with Crippen molar-refractivity contribution in [2.24, 2.45) is 7.05 Å². The quantitative estimate of drug-likeness (QED) is 0.849. The molecular weight excluding hydrogens is 300 g/mol. The second kappa shape index (κ2) is 7.96. The number of rotatable bonds is 5. The lowest BCUT2D eigenvalue weighted by atomic mass is 10.2. The first-order valence-electron chi connectivity index (χ1n) is 7.80. The zero-order chi connectivity index (χ0) is 16.8. The molecule has 1 fully saturated rings. The van der Waals surface area contributed by atoms with E-state index in [0.29, 0.717) is 32.7 Å². The Labute approximate surface area is 135 Å². The fourth-order valence-corrected chi connectivity index (χ4v) is 2.35. The predicted molar refractivity (Wildman–Crippen MR) is 85.7 cm³/mol. The minimum Gasteiger partial charge on any atom is -0.447 e. The van der Waals surface area contributed by atoms with Gasteiger partial charge < -0.3 is 19.7 Å². The molecule has 1 amide bonds. The van der Waals surface area contributed by atoms with Crippen LogP contribution in [0.4, 0.5) is 10.5 Å². The minimum absolute atomic E-state index is 0.00726. The van der Waals surface area contributed by atoms with Gasteiger partial charge in [0, 0.05) is 32.7 Å². The van der Waals surface area contributed by atoms with Gasteiger partial charge in [0.1, 0.15) is 0 Å². The van der Waals surface area contributed by atoms with E-state index in [4.69, 9.17) is 9.47 Å². The van der Waals surface area contributed by atoms with E-state index < -0.39 is 6.09 Å². The molecule has 1 aromatic rings. The third-order valence-electron chi connectivity index (χ3n) is 3.54. The van der Waals surface area contributed by atoms with Crippen molar-refractivity contribution in [3.8, 4) is 0 Å². The van der Waals surface area contributed by atoms with Gasteiger partial charge in [-0.15, -0.1) is 0 Å². The number of hydrogen-bond donors (Lipinski definition) is 1. The van der Waals surface area contributed by atoms with Crippen LogP contribution in [0.2, 0.25) is 0 Å². The number of nitrogens with one attached hydrogen (secondary N) is 1. The highest BCUT2D eigenvalue weighted by atomic mass is 16.6. The summed E-state index contributed by atoms with van der Waals surface area (Å²) in [5.41, 5.74) is 0.664. The van der Waals surface area contributed by atoms with Crippen LogP contribution in [0.25, 0.3) is 0 Å². The summed E-state index contributed by atoms with van der Waals surface area (Å²) >= 11 is 0. The number of amides is 1. The molecular formula is C15H24N4O4. The average Bonchev–Trinajstić information content (AvgIpc) is 2.49. The lowest BCUT2D eigenvalue weighted by Crippen LogP contribution is -2.44. The standard InChI is InChI=1S/C15H24N4O4/c1-11(2)23-15(21)16-5-4-13-10-19(6-7-22-13)12-8-14(20)18(3)17-9-12/h8-9,11,13H,4-7,10H2,1-3H3,(H,16,21)/t13-/m0/s1.